The molecule has 1 amide bonds. The van der Waals surface area contributed by atoms with Gasteiger partial charge in [-0.3, -0.25) is 9.78 Å². The number of carbonyl (C=O) groups is 1. The van der Waals surface area contributed by atoms with Gasteiger partial charge in [0, 0.05) is 43.2 Å². The van der Waals surface area contributed by atoms with E-state index < -0.39 is 5.60 Å². The molecule has 1 aromatic heterocycles. The van der Waals surface area contributed by atoms with Crippen LogP contribution in [-0.2, 0) is 5.60 Å². The van der Waals surface area contributed by atoms with E-state index in [0.717, 1.165) is 36.2 Å². The van der Waals surface area contributed by atoms with Gasteiger partial charge in [0.25, 0.3) is 5.91 Å². The van der Waals surface area contributed by atoms with Crippen molar-refractivity contribution in [3.05, 3.63) is 65.5 Å². The zero-order chi connectivity index (χ0) is 18.0. The number of piperidine rings is 1. The first kappa shape index (κ1) is 22.6. The van der Waals surface area contributed by atoms with Gasteiger partial charge in [-0.1, -0.05) is 24.3 Å². The number of likely N-dealkylation sites (tertiary alicyclic amines) is 1. The molecule has 4 rings (SSSR count). The van der Waals surface area contributed by atoms with Crippen LogP contribution in [0.25, 0.3) is 0 Å². The van der Waals surface area contributed by atoms with Crippen molar-refractivity contribution in [1.82, 2.24) is 15.2 Å². The van der Waals surface area contributed by atoms with Crippen molar-refractivity contribution in [2.45, 2.75) is 30.8 Å². The van der Waals surface area contributed by atoms with Gasteiger partial charge in [0.2, 0.25) is 0 Å². The molecule has 2 aliphatic rings. The molecular formula is C21H27Cl2N3O2. The Bertz CT molecular complexity index is 774. The third kappa shape index (κ3) is 4.49. The van der Waals surface area contributed by atoms with E-state index in [-0.39, 0.29) is 30.7 Å². The average molecular weight is 424 g/mol. The number of rotatable bonds is 3. The van der Waals surface area contributed by atoms with E-state index in [1.807, 2.05) is 35.2 Å². The van der Waals surface area contributed by atoms with Gasteiger partial charge in [-0.2, -0.15) is 0 Å². The lowest BCUT2D eigenvalue weighted by molar-refractivity contribution is -0.0214. The molecule has 28 heavy (non-hydrogen) atoms. The van der Waals surface area contributed by atoms with Gasteiger partial charge in [-0.05, 0) is 49.4 Å². The quantitative estimate of drug-likeness (QED) is 0.795. The summed E-state index contributed by atoms with van der Waals surface area (Å²) in [7, 11) is 0. The summed E-state index contributed by atoms with van der Waals surface area (Å²) in [5.41, 5.74) is 1.91. The molecule has 7 heteroatoms. The molecular weight excluding hydrogens is 397 g/mol. The molecule has 1 unspecified atom stereocenters. The Balaban J connectivity index is 0.00000140. The maximum absolute atomic E-state index is 13.1. The highest BCUT2D eigenvalue weighted by molar-refractivity contribution is 5.96. The van der Waals surface area contributed by atoms with Crippen LogP contribution in [0.5, 0.6) is 0 Å². The molecule has 0 radical (unpaired) electrons. The number of halogens is 2. The lowest BCUT2D eigenvalue weighted by atomic mass is 9.85. The summed E-state index contributed by atoms with van der Waals surface area (Å²) in [6.07, 6.45) is 5.58. The Kier molecular flexibility index (Phi) is 7.84. The van der Waals surface area contributed by atoms with Crippen LogP contribution in [0.4, 0.5) is 0 Å². The SMILES string of the molecule is Cl.Cl.O=C(c1ccccc1C1CCNC1)N1CCC(O)(c2cccnc2)CC1. The predicted molar refractivity (Wildman–Crippen MR) is 114 cm³/mol. The van der Waals surface area contributed by atoms with Crippen molar-refractivity contribution in [2.24, 2.45) is 0 Å². The third-order valence-electron chi connectivity index (χ3n) is 5.77. The highest BCUT2D eigenvalue weighted by Crippen LogP contribution is 2.33. The van der Waals surface area contributed by atoms with Crippen molar-refractivity contribution >= 4 is 30.7 Å². The molecule has 152 valence electrons. The van der Waals surface area contributed by atoms with Crippen LogP contribution in [0.2, 0.25) is 0 Å². The van der Waals surface area contributed by atoms with E-state index in [1.54, 1.807) is 12.4 Å². The lowest BCUT2D eigenvalue weighted by Gasteiger charge is -2.38. The lowest BCUT2D eigenvalue weighted by Crippen LogP contribution is -2.45. The Morgan fingerprint density at radius 3 is 2.54 bits per heavy atom. The van der Waals surface area contributed by atoms with Crippen molar-refractivity contribution in [3.8, 4) is 0 Å². The number of aromatic nitrogens is 1. The van der Waals surface area contributed by atoms with E-state index in [1.165, 1.54) is 0 Å². The van der Waals surface area contributed by atoms with Gasteiger partial charge in [-0.15, -0.1) is 24.8 Å². The summed E-state index contributed by atoms with van der Waals surface area (Å²) < 4.78 is 0. The smallest absolute Gasteiger partial charge is 0.254 e. The van der Waals surface area contributed by atoms with Gasteiger partial charge >= 0.3 is 0 Å². The monoisotopic (exact) mass is 423 g/mol. The number of benzene rings is 1. The molecule has 5 nitrogen and oxygen atoms in total. The van der Waals surface area contributed by atoms with Gasteiger partial charge < -0.3 is 15.3 Å². The number of nitrogens with one attached hydrogen (secondary N) is 1. The first-order valence-corrected chi connectivity index (χ1v) is 9.39. The van der Waals surface area contributed by atoms with Gasteiger partial charge in [0.1, 0.15) is 0 Å². The molecule has 0 saturated carbocycles. The van der Waals surface area contributed by atoms with E-state index in [9.17, 15) is 9.90 Å². The van der Waals surface area contributed by atoms with Crippen molar-refractivity contribution in [2.75, 3.05) is 26.2 Å². The minimum absolute atomic E-state index is 0. The predicted octanol–water partition coefficient (Wildman–Crippen LogP) is 3.13. The largest absolute Gasteiger partial charge is 0.385 e. The second-order valence-electron chi connectivity index (χ2n) is 7.34. The van der Waals surface area contributed by atoms with Crippen LogP contribution in [0.15, 0.2) is 48.8 Å². The first-order chi connectivity index (χ1) is 12.7. The number of hydrogen-bond donors (Lipinski definition) is 2. The molecule has 2 fully saturated rings. The summed E-state index contributed by atoms with van der Waals surface area (Å²) in [5.74, 6) is 0.494. The van der Waals surface area contributed by atoms with Crippen LogP contribution >= 0.6 is 24.8 Å². The molecule has 0 spiro atoms. The molecule has 2 saturated heterocycles. The fraction of sp³-hybridized carbons (Fsp3) is 0.429. The van der Waals surface area contributed by atoms with Gasteiger partial charge in [0.15, 0.2) is 0 Å². The number of pyridine rings is 1. The average Bonchev–Trinajstić information content (AvgIpc) is 3.23. The standard InChI is InChI=1S/C21H25N3O2.2ClH/c25-20(19-6-2-1-5-18(19)16-7-11-23-14-16)24-12-8-21(26,9-13-24)17-4-3-10-22-15-17;;/h1-6,10,15-16,23,26H,7-9,11-14H2;2*1H. The van der Waals surface area contributed by atoms with Crippen LogP contribution in [0.3, 0.4) is 0 Å². The molecule has 2 N–H and O–H groups in total. The maximum atomic E-state index is 13.1. The summed E-state index contributed by atoms with van der Waals surface area (Å²) >= 11 is 0. The molecule has 2 aromatic rings. The normalized spacial score (nSPS) is 20.8. The Morgan fingerprint density at radius 2 is 1.89 bits per heavy atom. The first-order valence-electron chi connectivity index (χ1n) is 9.39. The van der Waals surface area contributed by atoms with Crippen LogP contribution in [-0.4, -0.2) is 47.1 Å². The van der Waals surface area contributed by atoms with Crippen molar-refractivity contribution in [1.29, 1.82) is 0 Å². The summed E-state index contributed by atoms with van der Waals surface area (Å²) in [5, 5.41) is 14.3. The maximum Gasteiger partial charge on any atom is 0.254 e. The zero-order valence-corrected chi connectivity index (χ0v) is 17.3. The molecule has 1 aromatic carbocycles. The second-order valence-corrected chi connectivity index (χ2v) is 7.34. The second kappa shape index (κ2) is 9.70. The number of nitrogens with zero attached hydrogens (tertiary/aromatic N) is 2. The molecule has 1 atom stereocenters. The highest BCUT2D eigenvalue weighted by atomic mass is 35.5. The highest BCUT2D eigenvalue weighted by Gasteiger charge is 2.36. The third-order valence-corrected chi connectivity index (χ3v) is 5.77. The number of carbonyl (C=O) groups excluding carboxylic acids is 1. The van der Waals surface area contributed by atoms with Crippen molar-refractivity contribution in [3.63, 3.8) is 0 Å². The number of amides is 1. The molecule has 0 bridgehead atoms. The Hall–Kier alpha value is -1.66. The Labute approximate surface area is 178 Å². The minimum Gasteiger partial charge on any atom is -0.385 e. The zero-order valence-electron chi connectivity index (χ0n) is 15.7. The Morgan fingerprint density at radius 1 is 1.14 bits per heavy atom. The van der Waals surface area contributed by atoms with Gasteiger partial charge in [-0.25, -0.2) is 0 Å². The van der Waals surface area contributed by atoms with Crippen LogP contribution < -0.4 is 5.32 Å². The minimum atomic E-state index is -0.889. The topological polar surface area (TPSA) is 65.5 Å². The fourth-order valence-corrected chi connectivity index (χ4v) is 4.14. The fourth-order valence-electron chi connectivity index (χ4n) is 4.14. The summed E-state index contributed by atoms with van der Waals surface area (Å²) in [6.45, 7) is 3.06. The van der Waals surface area contributed by atoms with E-state index in [0.29, 0.717) is 31.8 Å². The molecule has 3 heterocycles. The number of hydrogen-bond acceptors (Lipinski definition) is 4. The van der Waals surface area contributed by atoms with Crippen molar-refractivity contribution < 1.29 is 9.90 Å². The molecule has 2 aliphatic heterocycles. The summed E-state index contributed by atoms with van der Waals surface area (Å²) in [4.78, 5) is 19.1. The molecule has 0 aliphatic carbocycles. The van der Waals surface area contributed by atoms with Crippen LogP contribution in [0.1, 0.15) is 46.7 Å². The summed E-state index contributed by atoms with van der Waals surface area (Å²) in [6, 6.07) is 11.7. The van der Waals surface area contributed by atoms with Crippen LogP contribution in [0, 0.1) is 0 Å². The van der Waals surface area contributed by atoms with Gasteiger partial charge in [0.05, 0.1) is 5.60 Å². The van der Waals surface area contributed by atoms with E-state index in [4.69, 9.17) is 0 Å². The van der Waals surface area contributed by atoms with E-state index >= 15 is 0 Å². The van der Waals surface area contributed by atoms with E-state index in [2.05, 4.69) is 16.4 Å². The number of aliphatic hydroxyl groups is 1.